The predicted octanol–water partition coefficient (Wildman–Crippen LogP) is 3.08. The van der Waals surface area contributed by atoms with Crippen molar-refractivity contribution >= 4 is 40.1 Å². The summed E-state index contributed by atoms with van der Waals surface area (Å²) in [6.45, 7) is 3.83. The smallest absolute Gasteiger partial charge is 0.253 e. The molecule has 0 fully saturated rings. The van der Waals surface area contributed by atoms with Crippen molar-refractivity contribution in [3.05, 3.63) is 40.3 Å². The minimum absolute atomic E-state index is 0.0991. The topological polar surface area (TPSA) is 107 Å². The molecule has 0 aliphatic heterocycles. The summed E-state index contributed by atoms with van der Waals surface area (Å²) < 4.78 is 1.69. The molecule has 0 saturated heterocycles. The van der Waals surface area contributed by atoms with Crippen molar-refractivity contribution in [2.24, 2.45) is 11.7 Å². The van der Waals surface area contributed by atoms with E-state index in [1.54, 1.807) is 16.7 Å². The second kappa shape index (κ2) is 5.31. The zero-order valence-electron chi connectivity index (χ0n) is 12.8. The number of nitrogens with zero attached hydrogens (tertiary/aromatic N) is 2. The van der Waals surface area contributed by atoms with Gasteiger partial charge < -0.3 is 16.6 Å². The molecule has 1 atom stereocenters. The van der Waals surface area contributed by atoms with Crippen LogP contribution in [-0.2, 0) is 0 Å². The average molecular weight is 333 g/mol. The number of pyridine rings is 1. The Morgan fingerprint density at radius 3 is 2.87 bits per heavy atom. The van der Waals surface area contributed by atoms with Gasteiger partial charge in [0, 0.05) is 28.8 Å². The van der Waals surface area contributed by atoms with Gasteiger partial charge in [0.05, 0.1) is 10.6 Å². The van der Waals surface area contributed by atoms with Gasteiger partial charge in [0.25, 0.3) is 5.91 Å². The first-order valence-electron chi connectivity index (χ1n) is 7.18. The van der Waals surface area contributed by atoms with Gasteiger partial charge in [-0.3, -0.25) is 9.36 Å². The largest absolute Gasteiger partial charge is 0.508 e. The van der Waals surface area contributed by atoms with Crippen molar-refractivity contribution in [2.45, 2.75) is 20.3 Å². The Morgan fingerprint density at radius 2 is 2.22 bits per heavy atom. The van der Waals surface area contributed by atoms with Crippen LogP contribution in [0.1, 0.15) is 30.6 Å². The number of rotatable bonds is 2. The lowest BCUT2D eigenvalue weighted by molar-refractivity contribution is 0.100. The van der Waals surface area contributed by atoms with E-state index in [4.69, 9.17) is 23.1 Å². The van der Waals surface area contributed by atoms with Gasteiger partial charge >= 0.3 is 0 Å². The molecule has 7 heteroatoms. The van der Waals surface area contributed by atoms with E-state index in [9.17, 15) is 9.90 Å². The lowest BCUT2D eigenvalue weighted by Crippen LogP contribution is -2.17. The molecule has 0 saturated carbocycles. The molecule has 2 heterocycles. The number of carbonyl (C=O) groups is 1. The first-order chi connectivity index (χ1) is 10.8. The SMILES string of the molecule is CC1=C(n2c(N)c(C(N)=O)c3cc(Cl)cnc32)[C@H](C)CC=C1O. The van der Waals surface area contributed by atoms with Gasteiger partial charge in [-0.1, -0.05) is 18.5 Å². The Bertz CT molecular complexity index is 895. The van der Waals surface area contributed by atoms with Crippen LogP contribution in [0.15, 0.2) is 29.7 Å². The third-order valence-electron chi connectivity index (χ3n) is 4.20. The minimum Gasteiger partial charge on any atom is -0.508 e. The van der Waals surface area contributed by atoms with Crippen molar-refractivity contribution in [1.82, 2.24) is 9.55 Å². The van der Waals surface area contributed by atoms with E-state index < -0.39 is 5.91 Å². The molecular weight excluding hydrogens is 316 g/mol. The van der Waals surface area contributed by atoms with E-state index in [1.807, 2.05) is 13.8 Å². The van der Waals surface area contributed by atoms with Crippen molar-refractivity contribution in [3.8, 4) is 0 Å². The Morgan fingerprint density at radius 1 is 1.52 bits per heavy atom. The molecule has 23 heavy (non-hydrogen) atoms. The number of amides is 1. The van der Waals surface area contributed by atoms with Crippen LogP contribution in [0.5, 0.6) is 0 Å². The number of primary amides is 1. The number of allylic oxidation sites excluding steroid dienone is 3. The third-order valence-corrected chi connectivity index (χ3v) is 4.41. The van der Waals surface area contributed by atoms with E-state index >= 15 is 0 Å². The fourth-order valence-corrected chi connectivity index (χ4v) is 3.26. The van der Waals surface area contributed by atoms with E-state index in [0.717, 1.165) is 5.70 Å². The second-order valence-electron chi connectivity index (χ2n) is 5.72. The first kappa shape index (κ1) is 15.4. The molecule has 120 valence electrons. The molecule has 2 aromatic heterocycles. The van der Waals surface area contributed by atoms with Crippen LogP contribution in [0, 0.1) is 5.92 Å². The van der Waals surface area contributed by atoms with Crippen LogP contribution in [0.3, 0.4) is 0 Å². The molecule has 6 nitrogen and oxygen atoms in total. The van der Waals surface area contributed by atoms with Crippen LogP contribution in [-0.4, -0.2) is 20.6 Å². The van der Waals surface area contributed by atoms with Crippen molar-refractivity contribution in [2.75, 3.05) is 5.73 Å². The van der Waals surface area contributed by atoms with Crippen LogP contribution < -0.4 is 11.5 Å². The van der Waals surface area contributed by atoms with Gasteiger partial charge in [-0.15, -0.1) is 0 Å². The van der Waals surface area contributed by atoms with Crippen LogP contribution in [0.2, 0.25) is 5.02 Å². The summed E-state index contributed by atoms with van der Waals surface area (Å²) in [6, 6.07) is 1.62. The van der Waals surface area contributed by atoms with Crippen molar-refractivity contribution in [1.29, 1.82) is 0 Å². The maximum Gasteiger partial charge on any atom is 0.253 e. The zero-order valence-corrected chi connectivity index (χ0v) is 13.6. The number of hydrogen-bond donors (Lipinski definition) is 3. The Balaban J connectivity index is 2.43. The highest BCUT2D eigenvalue weighted by Gasteiger charge is 2.27. The van der Waals surface area contributed by atoms with Gasteiger partial charge in [0.2, 0.25) is 0 Å². The summed E-state index contributed by atoms with van der Waals surface area (Å²) in [5, 5.41) is 11.0. The number of fused-ring (bicyclic) bond motifs is 1. The summed E-state index contributed by atoms with van der Waals surface area (Å²) in [5.74, 6) is -0.133. The van der Waals surface area contributed by atoms with E-state index in [0.29, 0.717) is 28.0 Å². The molecule has 2 aromatic rings. The quantitative estimate of drug-likeness (QED) is 0.785. The number of nitrogens with two attached hydrogens (primary N) is 2. The number of hydrogen-bond acceptors (Lipinski definition) is 4. The molecule has 0 radical (unpaired) electrons. The monoisotopic (exact) mass is 332 g/mol. The fraction of sp³-hybridized carbons (Fsp3) is 0.250. The molecular formula is C16H17ClN4O2. The molecule has 3 rings (SSSR count). The molecule has 0 unspecified atom stereocenters. The maximum absolute atomic E-state index is 11.9. The van der Waals surface area contributed by atoms with E-state index in [1.165, 1.54) is 6.20 Å². The summed E-state index contributed by atoms with van der Waals surface area (Å²) >= 11 is 6.00. The average Bonchev–Trinajstić information content (AvgIpc) is 2.75. The van der Waals surface area contributed by atoms with E-state index in [2.05, 4.69) is 4.98 Å². The lowest BCUT2D eigenvalue weighted by atomic mass is 9.93. The molecule has 0 bridgehead atoms. The minimum atomic E-state index is -0.642. The Kier molecular flexibility index (Phi) is 3.56. The summed E-state index contributed by atoms with van der Waals surface area (Å²) in [6.07, 6.45) is 3.92. The third kappa shape index (κ3) is 2.26. The lowest BCUT2D eigenvalue weighted by Gasteiger charge is -2.24. The summed E-state index contributed by atoms with van der Waals surface area (Å²) in [4.78, 5) is 16.2. The summed E-state index contributed by atoms with van der Waals surface area (Å²) in [7, 11) is 0. The van der Waals surface area contributed by atoms with Gasteiger partial charge in [0.15, 0.2) is 0 Å². The van der Waals surface area contributed by atoms with Crippen LogP contribution in [0.4, 0.5) is 5.82 Å². The fourth-order valence-electron chi connectivity index (χ4n) is 3.10. The van der Waals surface area contributed by atoms with Gasteiger partial charge in [-0.2, -0.15) is 0 Å². The molecule has 1 aliphatic carbocycles. The molecule has 0 aromatic carbocycles. The van der Waals surface area contributed by atoms with Crippen molar-refractivity contribution < 1.29 is 9.90 Å². The Hall–Kier alpha value is -2.47. The molecule has 0 spiro atoms. The molecule has 1 amide bonds. The van der Waals surface area contributed by atoms with Crippen LogP contribution in [0.25, 0.3) is 16.7 Å². The number of aromatic nitrogens is 2. The van der Waals surface area contributed by atoms with E-state index in [-0.39, 0.29) is 23.1 Å². The number of anilines is 1. The number of halogens is 1. The zero-order chi connectivity index (χ0) is 16.9. The normalized spacial score (nSPS) is 18.4. The highest BCUT2D eigenvalue weighted by atomic mass is 35.5. The molecule has 5 N–H and O–H groups in total. The maximum atomic E-state index is 11.9. The van der Waals surface area contributed by atoms with Crippen molar-refractivity contribution in [3.63, 3.8) is 0 Å². The highest BCUT2D eigenvalue weighted by Crippen LogP contribution is 2.39. The Labute approximate surface area is 138 Å². The van der Waals surface area contributed by atoms with Crippen LogP contribution >= 0.6 is 11.6 Å². The van der Waals surface area contributed by atoms with Gasteiger partial charge in [-0.25, -0.2) is 4.98 Å². The first-order valence-corrected chi connectivity index (χ1v) is 7.56. The molecule has 1 aliphatic rings. The number of carbonyl (C=O) groups excluding carboxylic acids is 1. The second-order valence-corrected chi connectivity index (χ2v) is 6.16. The van der Waals surface area contributed by atoms with Gasteiger partial charge in [-0.05, 0) is 25.5 Å². The number of aliphatic hydroxyl groups excluding tert-OH is 1. The predicted molar refractivity (Wildman–Crippen MR) is 91.1 cm³/mol. The van der Waals surface area contributed by atoms with Gasteiger partial charge in [0.1, 0.15) is 17.2 Å². The summed E-state index contributed by atoms with van der Waals surface area (Å²) in [5.41, 5.74) is 13.9. The number of aliphatic hydroxyl groups is 1. The number of nitrogen functional groups attached to an aromatic ring is 1. The standard InChI is InChI=1S/C16H17ClN4O2/c1-7-3-4-11(22)8(2)13(7)21-14(18)12(15(19)23)10-5-9(17)6-20-16(10)21/h4-7,22H,3,18H2,1-2H3,(H2,19,23)/t7-/m1/s1. The highest BCUT2D eigenvalue weighted by molar-refractivity contribution is 6.31.